The van der Waals surface area contributed by atoms with Gasteiger partial charge in [0.2, 0.25) is 0 Å². The van der Waals surface area contributed by atoms with E-state index in [0.717, 1.165) is 40.6 Å². The minimum absolute atomic E-state index is 0.340. The standard InChI is InChI=1S/C27H26Cl2N2O3/c1-27(2,3)31-23(32)15-34-26(33)24-18-8-4-5-10-22(18)30-25-17(7-6-9-19(24)25)13-16-11-12-20(28)21(29)14-16/h4-5,8,10-14H,6-7,9,15H2,1-3H3,(H,31,32)/b17-13+. The Balaban J connectivity index is 1.75. The fraction of sp³-hybridized carbons (Fsp3) is 0.296. The molecular formula is C27H26Cl2N2O3. The highest BCUT2D eigenvalue weighted by atomic mass is 35.5. The van der Waals surface area contributed by atoms with Gasteiger partial charge in [0.05, 0.1) is 26.8 Å². The molecule has 1 aliphatic carbocycles. The van der Waals surface area contributed by atoms with Crippen molar-refractivity contribution in [3.8, 4) is 0 Å². The fourth-order valence-electron chi connectivity index (χ4n) is 4.17. The van der Waals surface area contributed by atoms with Crippen molar-refractivity contribution in [1.29, 1.82) is 0 Å². The van der Waals surface area contributed by atoms with Crippen molar-refractivity contribution in [2.75, 3.05) is 6.61 Å². The van der Waals surface area contributed by atoms with Gasteiger partial charge in [-0.25, -0.2) is 9.78 Å². The third kappa shape index (κ3) is 5.43. The molecule has 0 unspecified atom stereocenters. The number of ether oxygens (including phenoxy) is 1. The first kappa shape index (κ1) is 24.2. The number of para-hydroxylation sites is 1. The van der Waals surface area contributed by atoms with Crippen LogP contribution in [0.1, 0.15) is 60.8 Å². The topological polar surface area (TPSA) is 68.3 Å². The molecule has 2 aromatic carbocycles. The zero-order valence-electron chi connectivity index (χ0n) is 19.4. The average molecular weight is 497 g/mol. The van der Waals surface area contributed by atoms with E-state index in [0.29, 0.717) is 27.5 Å². The monoisotopic (exact) mass is 496 g/mol. The quantitative estimate of drug-likeness (QED) is 0.419. The minimum atomic E-state index is -0.519. The molecule has 1 amide bonds. The van der Waals surface area contributed by atoms with E-state index in [-0.39, 0.29) is 12.5 Å². The lowest BCUT2D eigenvalue weighted by Gasteiger charge is -2.23. The lowest BCUT2D eigenvalue weighted by molar-refractivity contribution is -0.125. The summed E-state index contributed by atoms with van der Waals surface area (Å²) in [5.74, 6) is -0.858. The number of carbonyl (C=O) groups is 2. The van der Waals surface area contributed by atoms with Crippen LogP contribution in [0, 0.1) is 0 Å². The summed E-state index contributed by atoms with van der Waals surface area (Å²) < 4.78 is 5.46. The highest BCUT2D eigenvalue weighted by Crippen LogP contribution is 2.37. The maximum Gasteiger partial charge on any atom is 0.339 e. The summed E-state index contributed by atoms with van der Waals surface area (Å²) in [6, 6.07) is 13.0. The fourth-order valence-corrected chi connectivity index (χ4v) is 4.48. The van der Waals surface area contributed by atoms with Gasteiger partial charge in [0, 0.05) is 10.9 Å². The van der Waals surface area contributed by atoms with Gasteiger partial charge in [0.25, 0.3) is 5.91 Å². The Morgan fingerprint density at radius 2 is 1.85 bits per heavy atom. The van der Waals surface area contributed by atoms with Crippen molar-refractivity contribution in [3.05, 3.63) is 74.9 Å². The van der Waals surface area contributed by atoms with Crippen LogP contribution < -0.4 is 5.32 Å². The first-order valence-electron chi connectivity index (χ1n) is 11.2. The van der Waals surface area contributed by atoms with Crippen LogP contribution in [0.25, 0.3) is 22.6 Å². The molecule has 0 aliphatic heterocycles. The Kier molecular flexibility index (Phi) is 6.96. The second-order valence-electron chi connectivity index (χ2n) is 9.40. The summed E-state index contributed by atoms with van der Waals surface area (Å²) in [6.45, 7) is 5.29. The van der Waals surface area contributed by atoms with E-state index >= 15 is 0 Å². The Morgan fingerprint density at radius 1 is 1.09 bits per heavy atom. The number of pyridine rings is 1. The third-order valence-corrected chi connectivity index (χ3v) is 6.25. The number of fused-ring (bicyclic) bond motifs is 2. The Morgan fingerprint density at radius 3 is 2.59 bits per heavy atom. The third-order valence-electron chi connectivity index (χ3n) is 5.51. The van der Waals surface area contributed by atoms with Crippen molar-refractivity contribution >= 4 is 57.6 Å². The number of allylic oxidation sites excluding steroid dienone is 1. The van der Waals surface area contributed by atoms with Crippen molar-refractivity contribution < 1.29 is 14.3 Å². The largest absolute Gasteiger partial charge is 0.452 e. The molecule has 0 bridgehead atoms. The normalized spacial score (nSPS) is 14.7. The number of halogens is 2. The van der Waals surface area contributed by atoms with Gasteiger partial charge < -0.3 is 10.1 Å². The van der Waals surface area contributed by atoms with E-state index in [2.05, 4.69) is 5.32 Å². The van der Waals surface area contributed by atoms with E-state index in [9.17, 15) is 9.59 Å². The second kappa shape index (κ2) is 9.77. The molecule has 0 saturated heterocycles. The molecule has 5 nitrogen and oxygen atoms in total. The number of esters is 1. The molecule has 1 aromatic heterocycles. The molecule has 176 valence electrons. The number of carbonyl (C=O) groups excluding carboxylic acids is 2. The molecule has 0 saturated carbocycles. The van der Waals surface area contributed by atoms with Gasteiger partial charge in [-0.3, -0.25) is 4.79 Å². The summed E-state index contributed by atoms with van der Waals surface area (Å²) in [4.78, 5) is 30.4. The molecular weight excluding hydrogens is 471 g/mol. The van der Waals surface area contributed by atoms with Gasteiger partial charge in [-0.15, -0.1) is 0 Å². The van der Waals surface area contributed by atoms with Crippen molar-refractivity contribution in [1.82, 2.24) is 10.3 Å². The smallest absolute Gasteiger partial charge is 0.339 e. The van der Waals surface area contributed by atoms with E-state index in [1.807, 2.05) is 63.2 Å². The number of benzene rings is 2. The van der Waals surface area contributed by atoms with Crippen LogP contribution in [-0.4, -0.2) is 29.0 Å². The molecule has 7 heteroatoms. The maximum absolute atomic E-state index is 13.3. The van der Waals surface area contributed by atoms with Gasteiger partial charge >= 0.3 is 5.97 Å². The Hall–Kier alpha value is -2.89. The van der Waals surface area contributed by atoms with Gasteiger partial charge in [0.1, 0.15) is 0 Å². The molecule has 0 fully saturated rings. The number of aromatic nitrogens is 1. The highest BCUT2D eigenvalue weighted by Gasteiger charge is 2.26. The van der Waals surface area contributed by atoms with Crippen molar-refractivity contribution in [3.63, 3.8) is 0 Å². The van der Waals surface area contributed by atoms with Crippen LogP contribution in [0.5, 0.6) is 0 Å². The molecule has 1 N–H and O–H groups in total. The number of amides is 1. The van der Waals surface area contributed by atoms with Gasteiger partial charge in [-0.1, -0.05) is 47.5 Å². The zero-order chi connectivity index (χ0) is 24.5. The minimum Gasteiger partial charge on any atom is -0.452 e. The van der Waals surface area contributed by atoms with Crippen LogP contribution in [0.2, 0.25) is 10.0 Å². The molecule has 3 aromatic rings. The van der Waals surface area contributed by atoms with Crippen LogP contribution in [0.4, 0.5) is 0 Å². The molecule has 0 atom stereocenters. The molecule has 1 heterocycles. The van der Waals surface area contributed by atoms with Crippen molar-refractivity contribution in [2.24, 2.45) is 0 Å². The molecule has 1 aliphatic rings. The number of rotatable bonds is 4. The molecule has 4 rings (SSSR count). The number of hydrogen-bond donors (Lipinski definition) is 1. The summed E-state index contributed by atoms with van der Waals surface area (Å²) >= 11 is 12.3. The summed E-state index contributed by atoms with van der Waals surface area (Å²) in [7, 11) is 0. The molecule has 34 heavy (non-hydrogen) atoms. The van der Waals surface area contributed by atoms with Crippen LogP contribution in [0.15, 0.2) is 42.5 Å². The van der Waals surface area contributed by atoms with Gasteiger partial charge in [0.15, 0.2) is 6.61 Å². The SMILES string of the molecule is CC(C)(C)NC(=O)COC(=O)c1c2c(nc3ccccc13)/C(=C/c1ccc(Cl)c(Cl)c1)CCC2. The zero-order valence-corrected chi connectivity index (χ0v) is 20.9. The number of nitrogens with one attached hydrogen (secondary N) is 1. The lowest BCUT2D eigenvalue weighted by Crippen LogP contribution is -2.42. The summed E-state index contributed by atoms with van der Waals surface area (Å²) in [5.41, 5.74) is 4.33. The van der Waals surface area contributed by atoms with Gasteiger partial charge in [-0.2, -0.15) is 0 Å². The van der Waals surface area contributed by atoms with E-state index in [1.54, 1.807) is 6.07 Å². The first-order valence-corrected chi connectivity index (χ1v) is 11.9. The van der Waals surface area contributed by atoms with E-state index in [4.69, 9.17) is 32.9 Å². The second-order valence-corrected chi connectivity index (χ2v) is 10.2. The Bertz CT molecular complexity index is 1310. The first-order chi connectivity index (χ1) is 16.1. The maximum atomic E-state index is 13.3. The van der Waals surface area contributed by atoms with Crippen LogP contribution in [0.3, 0.4) is 0 Å². The molecule has 0 spiro atoms. The Labute approximate surface area is 209 Å². The van der Waals surface area contributed by atoms with Crippen LogP contribution >= 0.6 is 23.2 Å². The number of nitrogens with zero attached hydrogens (tertiary/aromatic N) is 1. The number of hydrogen-bond acceptors (Lipinski definition) is 4. The lowest BCUT2D eigenvalue weighted by atomic mass is 9.86. The van der Waals surface area contributed by atoms with E-state index < -0.39 is 11.5 Å². The summed E-state index contributed by atoms with van der Waals surface area (Å²) in [6.07, 6.45) is 4.42. The average Bonchev–Trinajstić information content (AvgIpc) is 2.77. The van der Waals surface area contributed by atoms with Crippen molar-refractivity contribution in [2.45, 2.75) is 45.6 Å². The highest BCUT2D eigenvalue weighted by molar-refractivity contribution is 6.42. The predicted molar refractivity (Wildman–Crippen MR) is 137 cm³/mol. The van der Waals surface area contributed by atoms with E-state index in [1.165, 1.54) is 0 Å². The summed E-state index contributed by atoms with van der Waals surface area (Å²) in [5, 5.41) is 4.51. The predicted octanol–water partition coefficient (Wildman–Crippen LogP) is 6.49. The van der Waals surface area contributed by atoms with Gasteiger partial charge in [-0.05, 0) is 81.0 Å². The molecule has 0 radical (unpaired) electrons. The van der Waals surface area contributed by atoms with Crippen LogP contribution in [-0.2, 0) is 16.0 Å².